The standard InChI is InChI=1S/C21H22ClN3O2/c1-15-17(22)11-6-12-18(15)23-21-24-20(26)19(27-2)14-25(21)13-7-10-16-8-4-3-5-9-16/h3-6,8-9,11-12,14H,7,10,13H2,1-2H3,(H,23,24,26). The Bertz CT molecular complexity index is 971. The van der Waals surface area contributed by atoms with Gasteiger partial charge in [-0.3, -0.25) is 4.79 Å². The Labute approximate surface area is 163 Å². The summed E-state index contributed by atoms with van der Waals surface area (Å²) in [6, 6.07) is 15.9. The molecule has 0 saturated heterocycles. The minimum atomic E-state index is -0.404. The van der Waals surface area contributed by atoms with Crippen LogP contribution in [0.3, 0.4) is 0 Å². The molecule has 3 aromatic rings. The molecule has 0 aliphatic carbocycles. The van der Waals surface area contributed by atoms with Gasteiger partial charge >= 0.3 is 5.56 Å². The highest BCUT2D eigenvalue weighted by Gasteiger charge is 2.11. The molecule has 1 N–H and O–H groups in total. The predicted octanol–water partition coefficient (Wildman–Crippen LogP) is 4.59. The maximum absolute atomic E-state index is 12.1. The molecule has 0 radical (unpaired) electrons. The quantitative estimate of drug-likeness (QED) is 0.648. The van der Waals surface area contributed by atoms with Crippen LogP contribution in [0.1, 0.15) is 17.5 Å². The summed E-state index contributed by atoms with van der Waals surface area (Å²) in [5, 5.41) is 3.89. The van der Waals surface area contributed by atoms with Crippen molar-refractivity contribution in [3.8, 4) is 5.75 Å². The number of nitrogens with zero attached hydrogens (tertiary/aromatic N) is 2. The van der Waals surface area contributed by atoms with E-state index in [2.05, 4.69) is 22.4 Å². The lowest BCUT2D eigenvalue weighted by Gasteiger charge is -2.16. The van der Waals surface area contributed by atoms with E-state index in [1.807, 2.05) is 47.9 Å². The fraction of sp³-hybridized carbons (Fsp3) is 0.238. The molecule has 0 atom stereocenters. The average Bonchev–Trinajstić information content (AvgIpc) is 2.68. The Kier molecular flexibility index (Phi) is 6.14. The van der Waals surface area contributed by atoms with Crippen molar-refractivity contribution in [1.82, 2.24) is 9.55 Å². The highest BCUT2D eigenvalue weighted by Crippen LogP contribution is 2.25. The lowest BCUT2D eigenvalue weighted by atomic mass is 10.1. The van der Waals surface area contributed by atoms with Crippen molar-refractivity contribution in [3.05, 3.63) is 81.2 Å². The van der Waals surface area contributed by atoms with Gasteiger partial charge in [-0.1, -0.05) is 48.0 Å². The Morgan fingerprint density at radius 2 is 1.93 bits per heavy atom. The van der Waals surface area contributed by atoms with Crippen LogP contribution in [0.4, 0.5) is 11.6 Å². The molecule has 27 heavy (non-hydrogen) atoms. The molecule has 1 aromatic heterocycles. The summed E-state index contributed by atoms with van der Waals surface area (Å²) in [7, 11) is 1.47. The Morgan fingerprint density at radius 1 is 1.15 bits per heavy atom. The van der Waals surface area contributed by atoms with Crippen LogP contribution in [0.5, 0.6) is 5.75 Å². The minimum absolute atomic E-state index is 0.225. The van der Waals surface area contributed by atoms with Crippen LogP contribution in [0.2, 0.25) is 5.02 Å². The number of nitrogens with one attached hydrogen (secondary N) is 1. The molecule has 1 heterocycles. The van der Waals surface area contributed by atoms with Crippen molar-refractivity contribution < 1.29 is 4.74 Å². The maximum atomic E-state index is 12.1. The highest BCUT2D eigenvalue weighted by molar-refractivity contribution is 6.31. The van der Waals surface area contributed by atoms with E-state index in [4.69, 9.17) is 16.3 Å². The van der Waals surface area contributed by atoms with E-state index in [1.165, 1.54) is 12.7 Å². The summed E-state index contributed by atoms with van der Waals surface area (Å²) >= 11 is 6.20. The van der Waals surface area contributed by atoms with Gasteiger partial charge in [-0.05, 0) is 43.0 Å². The summed E-state index contributed by atoms with van der Waals surface area (Å²) in [6.07, 6.45) is 3.54. The second kappa shape index (κ2) is 8.73. The second-order valence-corrected chi connectivity index (χ2v) is 6.67. The van der Waals surface area contributed by atoms with Gasteiger partial charge < -0.3 is 14.6 Å². The van der Waals surface area contributed by atoms with E-state index in [-0.39, 0.29) is 5.75 Å². The largest absolute Gasteiger partial charge is 0.490 e. The highest BCUT2D eigenvalue weighted by atomic mass is 35.5. The normalized spacial score (nSPS) is 10.6. The van der Waals surface area contributed by atoms with Crippen LogP contribution in [0.25, 0.3) is 0 Å². The van der Waals surface area contributed by atoms with E-state index < -0.39 is 5.56 Å². The van der Waals surface area contributed by atoms with Crippen LogP contribution in [0.15, 0.2) is 59.5 Å². The van der Waals surface area contributed by atoms with Crippen molar-refractivity contribution in [1.29, 1.82) is 0 Å². The number of benzene rings is 2. The molecule has 0 aliphatic heterocycles. The Hall–Kier alpha value is -2.79. The first-order valence-electron chi connectivity index (χ1n) is 8.80. The summed E-state index contributed by atoms with van der Waals surface area (Å²) in [6.45, 7) is 2.62. The Morgan fingerprint density at radius 3 is 2.67 bits per heavy atom. The molecule has 0 aliphatic rings. The number of rotatable bonds is 7. The summed E-state index contributed by atoms with van der Waals surface area (Å²) < 4.78 is 7.06. The molecule has 0 bridgehead atoms. The van der Waals surface area contributed by atoms with Crippen LogP contribution >= 0.6 is 11.6 Å². The second-order valence-electron chi connectivity index (χ2n) is 6.26. The van der Waals surface area contributed by atoms with E-state index in [0.717, 1.165) is 24.1 Å². The number of ether oxygens (including phenoxy) is 1. The first-order chi connectivity index (χ1) is 13.1. The SMILES string of the molecule is COc1cn(CCCc2ccccc2)c(Nc2cccc(Cl)c2C)nc1=O. The van der Waals surface area contributed by atoms with Crippen molar-refractivity contribution in [3.63, 3.8) is 0 Å². The molecule has 5 nitrogen and oxygen atoms in total. The smallest absolute Gasteiger partial charge is 0.316 e. The molecule has 2 aromatic carbocycles. The third-order valence-corrected chi connectivity index (χ3v) is 4.81. The first-order valence-corrected chi connectivity index (χ1v) is 9.18. The molecule has 0 amide bonds. The molecular weight excluding hydrogens is 362 g/mol. The molecular formula is C21H22ClN3O2. The summed E-state index contributed by atoms with van der Waals surface area (Å²) in [4.78, 5) is 16.3. The lowest BCUT2D eigenvalue weighted by molar-refractivity contribution is 0.401. The van der Waals surface area contributed by atoms with Gasteiger partial charge in [-0.2, -0.15) is 4.98 Å². The zero-order valence-electron chi connectivity index (χ0n) is 15.4. The third-order valence-electron chi connectivity index (χ3n) is 4.40. The van der Waals surface area contributed by atoms with E-state index in [9.17, 15) is 4.79 Å². The maximum Gasteiger partial charge on any atom is 0.316 e. The van der Waals surface area contributed by atoms with Crippen LogP contribution in [0, 0.1) is 6.92 Å². The number of aryl methyl sites for hydroxylation is 2. The van der Waals surface area contributed by atoms with E-state index >= 15 is 0 Å². The summed E-state index contributed by atoms with van der Waals surface area (Å²) in [5.74, 6) is 0.697. The van der Waals surface area contributed by atoms with Crippen LogP contribution in [-0.2, 0) is 13.0 Å². The van der Waals surface area contributed by atoms with Gasteiger partial charge in [0.15, 0.2) is 0 Å². The molecule has 3 rings (SSSR count). The van der Waals surface area contributed by atoms with Crippen LogP contribution in [-0.4, -0.2) is 16.7 Å². The van der Waals surface area contributed by atoms with Gasteiger partial charge in [0.25, 0.3) is 0 Å². The molecule has 6 heteroatoms. The van der Waals surface area contributed by atoms with Crippen molar-refractivity contribution in [2.45, 2.75) is 26.3 Å². The number of hydrogen-bond acceptors (Lipinski definition) is 4. The topological polar surface area (TPSA) is 56.1 Å². The molecule has 0 saturated carbocycles. The number of hydrogen-bond donors (Lipinski definition) is 1. The summed E-state index contributed by atoms with van der Waals surface area (Å²) in [5.41, 5.74) is 2.59. The Balaban J connectivity index is 1.84. The van der Waals surface area contributed by atoms with Gasteiger partial charge in [0.1, 0.15) is 0 Å². The third kappa shape index (κ3) is 4.68. The van der Waals surface area contributed by atoms with Gasteiger partial charge in [0.2, 0.25) is 11.7 Å². The predicted molar refractivity (Wildman–Crippen MR) is 109 cm³/mol. The number of halogens is 1. The lowest BCUT2D eigenvalue weighted by Crippen LogP contribution is -2.18. The average molecular weight is 384 g/mol. The van der Waals surface area contributed by atoms with E-state index in [1.54, 1.807) is 6.20 Å². The zero-order chi connectivity index (χ0) is 19.2. The first kappa shape index (κ1) is 19.0. The van der Waals surface area contributed by atoms with Crippen molar-refractivity contribution in [2.75, 3.05) is 12.4 Å². The fourth-order valence-corrected chi connectivity index (χ4v) is 3.02. The van der Waals surface area contributed by atoms with Gasteiger partial charge in [-0.15, -0.1) is 0 Å². The number of aromatic nitrogens is 2. The fourth-order valence-electron chi connectivity index (χ4n) is 2.85. The zero-order valence-corrected chi connectivity index (χ0v) is 16.2. The van der Waals surface area contributed by atoms with Gasteiger partial charge in [0.05, 0.1) is 13.3 Å². The molecule has 0 fully saturated rings. The molecule has 140 valence electrons. The monoisotopic (exact) mass is 383 g/mol. The number of methoxy groups -OCH3 is 1. The van der Waals surface area contributed by atoms with Gasteiger partial charge in [-0.25, -0.2) is 0 Å². The van der Waals surface area contributed by atoms with E-state index in [0.29, 0.717) is 17.5 Å². The molecule has 0 spiro atoms. The van der Waals surface area contributed by atoms with Crippen molar-refractivity contribution >= 4 is 23.2 Å². The van der Waals surface area contributed by atoms with Crippen LogP contribution < -0.4 is 15.6 Å². The molecule has 0 unspecified atom stereocenters. The van der Waals surface area contributed by atoms with Crippen molar-refractivity contribution in [2.24, 2.45) is 0 Å². The van der Waals surface area contributed by atoms with Gasteiger partial charge in [0, 0.05) is 17.3 Å². The number of anilines is 2. The minimum Gasteiger partial charge on any atom is -0.490 e.